The Morgan fingerprint density at radius 2 is 1.72 bits per heavy atom. The molecule has 1 aromatic heterocycles. The number of hydrogen-bond acceptors (Lipinski definition) is 1. The third-order valence-electron chi connectivity index (χ3n) is 4.99. The molecule has 1 aliphatic heterocycles. The van der Waals surface area contributed by atoms with Crippen LogP contribution >= 0.6 is 0 Å². The van der Waals surface area contributed by atoms with Crippen molar-refractivity contribution in [3.05, 3.63) is 59.5 Å². The third-order valence-corrected chi connectivity index (χ3v) is 4.99. The zero-order valence-corrected chi connectivity index (χ0v) is 14.3. The van der Waals surface area contributed by atoms with Gasteiger partial charge in [-0.25, -0.2) is 4.39 Å². The zero-order valence-electron chi connectivity index (χ0n) is 14.3. The summed E-state index contributed by atoms with van der Waals surface area (Å²) in [7, 11) is 0. The number of aryl methyl sites for hydroxylation is 1. The predicted molar refractivity (Wildman–Crippen MR) is 98.2 cm³/mol. The van der Waals surface area contributed by atoms with Crippen molar-refractivity contribution in [2.75, 3.05) is 13.1 Å². The number of halogens is 1. The minimum Gasteiger partial charge on any atom is -0.351 e. The minimum atomic E-state index is -0.194. The van der Waals surface area contributed by atoms with Crippen molar-refractivity contribution < 1.29 is 9.18 Å². The highest BCUT2D eigenvalue weighted by atomic mass is 19.1. The molecule has 3 aromatic rings. The van der Waals surface area contributed by atoms with E-state index in [2.05, 4.69) is 4.98 Å². The third kappa shape index (κ3) is 3.04. The Bertz CT molecular complexity index is 938. The summed E-state index contributed by atoms with van der Waals surface area (Å²) in [5.74, 6) is -0.115. The number of carbonyl (C=O) groups excluding carboxylic acids is 1. The molecule has 0 bridgehead atoms. The van der Waals surface area contributed by atoms with Crippen LogP contribution < -0.4 is 0 Å². The molecule has 1 fully saturated rings. The van der Waals surface area contributed by atoms with Gasteiger partial charge in [0.1, 0.15) is 11.5 Å². The smallest absolute Gasteiger partial charge is 0.270 e. The van der Waals surface area contributed by atoms with Gasteiger partial charge in [0, 0.05) is 24.0 Å². The van der Waals surface area contributed by atoms with Crippen molar-refractivity contribution in [2.24, 2.45) is 0 Å². The number of fused-ring (bicyclic) bond motifs is 1. The van der Waals surface area contributed by atoms with Gasteiger partial charge in [-0.2, -0.15) is 0 Å². The lowest BCUT2D eigenvalue weighted by molar-refractivity contribution is 0.0719. The molecule has 25 heavy (non-hydrogen) atoms. The summed E-state index contributed by atoms with van der Waals surface area (Å²) in [6, 6.07) is 13.1. The average Bonchev–Trinajstić information content (AvgIpc) is 3.07. The van der Waals surface area contributed by atoms with Crippen LogP contribution in [0.3, 0.4) is 0 Å². The van der Waals surface area contributed by atoms with Gasteiger partial charge < -0.3 is 9.88 Å². The van der Waals surface area contributed by atoms with Gasteiger partial charge >= 0.3 is 0 Å². The first kappa shape index (κ1) is 15.9. The summed E-state index contributed by atoms with van der Waals surface area (Å²) in [4.78, 5) is 17.8. The Kier molecular flexibility index (Phi) is 4.04. The fourth-order valence-electron chi connectivity index (χ4n) is 3.52. The normalized spacial score (nSPS) is 14.9. The van der Waals surface area contributed by atoms with Gasteiger partial charge in [-0.05, 0) is 73.2 Å². The van der Waals surface area contributed by atoms with Crippen molar-refractivity contribution in [1.29, 1.82) is 0 Å². The molecule has 3 nitrogen and oxygen atoms in total. The van der Waals surface area contributed by atoms with Crippen LogP contribution in [0.5, 0.6) is 0 Å². The van der Waals surface area contributed by atoms with Gasteiger partial charge in [0.25, 0.3) is 5.91 Å². The molecule has 1 N–H and O–H groups in total. The number of amides is 1. The van der Waals surface area contributed by atoms with E-state index in [4.69, 9.17) is 0 Å². The summed E-state index contributed by atoms with van der Waals surface area (Å²) in [5.41, 5.74) is 4.22. The monoisotopic (exact) mass is 336 g/mol. The quantitative estimate of drug-likeness (QED) is 0.709. The number of nitrogens with one attached hydrogen (secondary N) is 1. The maximum absolute atomic E-state index is 13.5. The van der Waals surface area contributed by atoms with Crippen molar-refractivity contribution in [1.82, 2.24) is 9.88 Å². The van der Waals surface area contributed by atoms with Crippen molar-refractivity contribution in [3.8, 4) is 11.1 Å². The van der Waals surface area contributed by atoms with Crippen LogP contribution in [0.4, 0.5) is 4.39 Å². The van der Waals surface area contributed by atoms with Gasteiger partial charge in [0.2, 0.25) is 0 Å². The van der Waals surface area contributed by atoms with Crippen molar-refractivity contribution in [3.63, 3.8) is 0 Å². The lowest BCUT2D eigenvalue weighted by Gasteiger charge is -2.26. The van der Waals surface area contributed by atoms with Crippen LogP contribution in [0.1, 0.15) is 35.3 Å². The second-order valence-corrected chi connectivity index (χ2v) is 6.80. The van der Waals surface area contributed by atoms with Crippen LogP contribution in [0.15, 0.2) is 42.5 Å². The Balaban J connectivity index is 1.67. The van der Waals surface area contributed by atoms with E-state index in [0.717, 1.165) is 48.0 Å². The van der Waals surface area contributed by atoms with Gasteiger partial charge in [-0.3, -0.25) is 4.79 Å². The highest BCUT2D eigenvalue weighted by molar-refractivity contribution is 5.99. The first-order valence-electron chi connectivity index (χ1n) is 8.80. The number of hydrogen-bond donors (Lipinski definition) is 1. The molecule has 0 radical (unpaired) electrons. The summed E-state index contributed by atoms with van der Waals surface area (Å²) in [5, 5.41) is 1.000. The molecule has 128 valence electrons. The Hall–Kier alpha value is -2.62. The fourth-order valence-corrected chi connectivity index (χ4v) is 3.52. The topological polar surface area (TPSA) is 36.1 Å². The van der Waals surface area contributed by atoms with Gasteiger partial charge in [0.15, 0.2) is 0 Å². The van der Waals surface area contributed by atoms with Crippen LogP contribution in [0.2, 0.25) is 0 Å². The second-order valence-electron chi connectivity index (χ2n) is 6.80. The number of piperidine rings is 1. The van der Waals surface area contributed by atoms with E-state index in [0.29, 0.717) is 11.3 Å². The Morgan fingerprint density at radius 3 is 2.48 bits per heavy atom. The molecule has 2 heterocycles. The molecule has 1 aliphatic rings. The standard InChI is InChI=1S/C21H21FN2O/c1-14-11-15(5-7-18(14)22)16-6-8-19-17(12-16)13-20(23-19)21(25)24-9-3-2-4-10-24/h5-8,11-13,23H,2-4,9-10H2,1H3. The first-order valence-corrected chi connectivity index (χ1v) is 8.80. The summed E-state index contributed by atoms with van der Waals surface area (Å²) >= 11 is 0. The van der Waals surface area contributed by atoms with Crippen LogP contribution in [0, 0.1) is 12.7 Å². The number of carbonyl (C=O) groups is 1. The maximum atomic E-state index is 13.5. The lowest BCUT2D eigenvalue weighted by atomic mass is 10.0. The second kappa shape index (κ2) is 6.36. The largest absolute Gasteiger partial charge is 0.351 e. The van der Waals surface area contributed by atoms with E-state index in [1.165, 1.54) is 12.5 Å². The molecule has 1 amide bonds. The average molecular weight is 336 g/mol. The van der Waals surface area contributed by atoms with Gasteiger partial charge in [0.05, 0.1) is 0 Å². The van der Waals surface area contributed by atoms with Crippen LogP contribution in [0.25, 0.3) is 22.0 Å². The number of likely N-dealkylation sites (tertiary alicyclic amines) is 1. The molecule has 0 unspecified atom stereocenters. The molecule has 4 rings (SSSR count). The summed E-state index contributed by atoms with van der Waals surface area (Å²) < 4.78 is 13.5. The van der Waals surface area contributed by atoms with E-state index < -0.39 is 0 Å². The van der Waals surface area contributed by atoms with Crippen LogP contribution in [-0.4, -0.2) is 28.9 Å². The number of H-pyrrole nitrogens is 1. The fraction of sp³-hybridized carbons (Fsp3) is 0.286. The number of aromatic nitrogens is 1. The Morgan fingerprint density at radius 1 is 1.00 bits per heavy atom. The molecule has 2 aromatic carbocycles. The molecule has 1 saturated heterocycles. The molecular weight excluding hydrogens is 315 g/mol. The maximum Gasteiger partial charge on any atom is 0.270 e. The Labute approximate surface area is 146 Å². The minimum absolute atomic E-state index is 0.0788. The molecule has 0 atom stereocenters. The van der Waals surface area contributed by atoms with Crippen LogP contribution in [-0.2, 0) is 0 Å². The van der Waals surface area contributed by atoms with Crippen molar-refractivity contribution in [2.45, 2.75) is 26.2 Å². The number of rotatable bonds is 2. The molecule has 0 saturated carbocycles. The lowest BCUT2D eigenvalue weighted by Crippen LogP contribution is -2.35. The van der Waals surface area contributed by atoms with Gasteiger partial charge in [-0.15, -0.1) is 0 Å². The SMILES string of the molecule is Cc1cc(-c2ccc3[nH]c(C(=O)N4CCCCC4)cc3c2)ccc1F. The number of nitrogens with zero attached hydrogens (tertiary/aromatic N) is 1. The molecule has 0 spiro atoms. The summed E-state index contributed by atoms with van der Waals surface area (Å²) in [6.45, 7) is 3.45. The highest BCUT2D eigenvalue weighted by Gasteiger charge is 2.19. The van der Waals surface area contributed by atoms with E-state index in [1.54, 1.807) is 13.0 Å². The molecule has 4 heteroatoms. The zero-order chi connectivity index (χ0) is 17.4. The predicted octanol–water partition coefficient (Wildman–Crippen LogP) is 4.91. The van der Waals surface area contributed by atoms with E-state index in [-0.39, 0.29) is 11.7 Å². The number of benzene rings is 2. The van der Waals surface area contributed by atoms with E-state index in [1.807, 2.05) is 35.2 Å². The van der Waals surface area contributed by atoms with E-state index in [9.17, 15) is 9.18 Å². The number of aromatic amines is 1. The van der Waals surface area contributed by atoms with Gasteiger partial charge in [-0.1, -0.05) is 12.1 Å². The first-order chi connectivity index (χ1) is 12.1. The molecular formula is C21H21FN2O. The highest BCUT2D eigenvalue weighted by Crippen LogP contribution is 2.27. The molecule has 0 aliphatic carbocycles. The van der Waals surface area contributed by atoms with E-state index >= 15 is 0 Å². The summed E-state index contributed by atoms with van der Waals surface area (Å²) in [6.07, 6.45) is 3.37. The van der Waals surface area contributed by atoms with Crippen molar-refractivity contribution >= 4 is 16.8 Å².